The lowest BCUT2D eigenvalue weighted by atomic mass is 10.0. The molecule has 1 amide bonds. The summed E-state index contributed by atoms with van der Waals surface area (Å²) in [7, 11) is 0. The van der Waals surface area contributed by atoms with Crippen molar-refractivity contribution in [1.29, 1.82) is 0 Å². The van der Waals surface area contributed by atoms with Crippen LogP contribution in [0, 0.1) is 0 Å². The molecule has 2 heterocycles. The number of para-hydroxylation sites is 1. The largest absolute Gasteiger partial charge is 0.480 e. The molecule has 13 heavy (non-hydrogen) atoms. The summed E-state index contributed by atoms with van der Waals surface area (Å²) >= 11 is 0. The Morgan fingerprint density at radius 1 is 1.38 bits per heavy atom. The van der Waals surface area contributed by atoms with Gasteiger partial charge in [0.1, 0.15) is 5.75 Å². The van der Waals surface area contributed by atoms with Crippen LogP contribution in [0.2, 0.25) is 0 Å². The zero-order chi connectivity index (χ0) is 8.84. The van der Waals surface area contributed by atoms with Crippen molar-refractivity contribution in [3.63, 3.8) is 0 Å². The number of carbonyl (C=O) groups excluding carboxylic acids is 1. The van der Waals surface area contributed by atoms with Crippen LogP contribution < -0.4 is 10.1 Å². The molecular weight excluding hydrogens is 166 g/mol. The average molecular weight is 175 g/mol. The van der Waals surface area contributed by atoms with E-state index in [2.05, 4.69) is 5.32 Å². The van der Waals surface area contributed by atoms with Crippen LogP contribution in [-0.2, 0) is 4.79 Å². The number of fused-ring (bicyclic) bond motifs is 4. The monoisotopic (exact) mass is 175 g/mol. The van der Waals surface area contributed by atoms with Crippen molar-refractivity contribution in [2.24, 2.45) is 0 Å². The lowest BCUT2D eigenvalue weighted by Gasteiger charge is -2.21. The Morgan fingerprint density at radius 2 is 2.23 bits per heavy atom. The summed E-state index contributed by atoms with van der Waals surface area (Å²) in [6, 6.07) is 7.97. The topological polar surface area (TPSA) is 38.3 Å². The molecule has 0 radical (unpaired) electrons. The molecule has 2 unspecified atom stereocenters. The Balaban J connectivity index is 2.12. The Hall–Kier alpha value is -1.51. The maximum atomic E-state index is 11.3. The highest BCUT2D eigenvalue weighted by molar-refractivity contribution is 5.85. The molecule has 0 spiro atoms. The van der Waals surface area contributed by atoms with E-state index in [0.717, 1.165) is 17.7 Å². The summed E-state index contributed by atoms with van der Waals surface area (Å²) in [5, 5.41) is 2.91. The van der Waals surface area contributed by atoms with Crippen LogP contribution in [0.3, 0.4) is 0 Å². The van der Waals surface area contributed by atoms with Gasteiger partial charge in [-0.05, 0) is 6.07 Å². The fraction of sp³-hybridized carbons (Fsp3) is 0.300. The quantitative estimate of drug-likeness (QED) is 0.639. The van der Waals surface area contributed by atoms with Crippen molar-refractivity contribution < 1.29 is 9.53 Å². The first-order valence-electron chi connectivity index (χ1n) is 4.40. The molecule has 1 N–H and O–H groups in total. The second-order valence-electron chi connectivity index (χ2n) is 3.44. The summed E-state index contributed by atoms with van der Waals surface area (Å²) in [6.45, 7) is 0. The molecular formula is C10H9NO2. The van der Waals surface area contributed by atoms with E-state index < -0.39 is 0 Å². The van der Waals surface area contributed by atoms with Gasteiger partial charge in [-0.25, -0.2) is 0 Å². The molecule has 1 fully saturated rings. The fourth-order valence-corrected chi connectivity index (χ4v) is 1.98. The van der Waals surface area contributed by atoms with Crippen molar-refractivity contribution in [2.75, 3.05) is 0 Å². The first-order chi connectivity index (χ1) is 6.34. The summed E-state index contributed by atoms with van der Waals surface area (Å²) in [6.07, 6.45) is 0.510. The maximum Gasteiger partial charge on any atom is 0.261 e. The molecule has 3 rings (SSSR count). The van der Waals surface area contributed by atoms with E-state index in [0.29, 0.717) is 0 Å². The SMILES string of the molecule is O=C1NC2CC1Oc1ccccc12. The number of hydrogen-bond donors (Lipinski definition) is 1. The Morgan fingerprint density at radius 3 is 3.15 bits per heavy atom. The van der Waals surface area contributed by atoms with Crippen LogP contribution in [-0.4, -0.2) is 12.0 Å². The van der Waals surface area contributed by atoms with E-state index in [-0.39, 0.29) is 18.1 Å². The zero-order valence-corrected chi connectivity index (χ0v) is 6.99. The number of nitrogens with one attached hydrogen (secondary N) is 1. The first kappa shape index (κ1) is 6.95. The highest BCUT2D eigenvalue weighted by Gasteiger charge is 2.39. The van der Waals surface area contributed by atoms with E-state index in [1.165, 1.54) is 0 Å². The van der Waals surface area contributed by atoms with E-state index in [9.17, 15) is 4.79 Å². The Kier molecular flexibility index (Phi) is 1.20. The molecule has 2 aliphatic rings. The van der Waals surface area contributed by atoms with Crippen LogP contribution in [0.1, 0.15) is 18.0 Å². The molecule has 0 saturated carbocycles. The minimum atomic E-state index is -0.264. The van der Waals surface area contributed by atoms with Gasteiger partial charge in [0.25, 0.3) is 5.91 Å². The molecule has 0 aromatic heterocycles. The molecule has 1 saturated heterocycles. The second kappa shape index (κ2) is 2.25. The summed E-state index contributed by atoms with van der Waals surface area (Å²) in [5.41, 5.74) is 1.10. The Bertz CT molecular complexity index is 375. The average Bonchev–Trinajstić information content (AvgIpc) is 2.44. The predicted molar refractivity (Wildman–Crippen MR) is 46.4 cm³/mol. The van der Waals surface area contributed by atoms with Crippen molar-refractivity contribution in [2.45, 2.75) is 18.6 Å². The van der Waals surface area contributed by atoms with Gasteiger partial charge in [0.2, 0.25) is 0 Å². The van der Waals surface area contributed by atoms with Gasteiger partial charge in [-0.2, -0.15) is 0 Å². The lowest BCUT2D eigenvalue weighted by molar-refractivity contribution is -0.124. The van der Waals surface area contributed by atoms with Crippen LogP contribution in [0.15, 0.2) is 24.3 Å². The van der Waals surface area contributed by atoms with Gasteiger partial charge in [0.15, 0.2) is 6.10 Å². The van der Waals surface area contributed by atoms with E-state index in [1.807, 2.05) is 24.3 Å². The van der Waals surface area contributed by atoms with Gasteiger partial charge in [0, 0.05) is 12.0 Å². The normalized spacial score (nSPS) is 29.1. The van der Waals surface area contributed by atoms with Crippen LogP contribution in [0.25, 0.3) is 0 Å². The number of ether oxygens (including phenoxy) is 1. The van der Waals surface area contributed by atoms with Crippen LogP contribution >= 0.6 is 0 Å². The van der Waals surface area contributed by atoms with Gasteiger partial charge < -0.3 is 10.1 Å². The molecule has 66 valence electrons. The molecule has 2 atom stereocenters. The van der Waals surface area contributed by atoms with Gasteiger partial charge in [-0.15, -0.1) is 0 Å². The number of hydrogen-bond acceptors (Lipinski definition) is 2. The fourth-order valence-electron chi connectivity index (χ4n) is 1.98. The van der Waals surface area contributed by atoms with E-state index in [4.69, 9.17) is 4.74 Å². The number of carbonyl (C=O) groups is 1. The number of benzene rings is 1. The predicted octanol–water partition coefficient (Wildman–Crippen LogP) is 1.01. The minimum absolute atomic E-state index is 0.0150. The number of rotatable bonds is 0. The van der Waals surface area contributed by atoms with Gasteiger partial charge >= 0.3 is 0 Å². The smallest absolute Gasteiger partial charge is 0.261 e. The van der Waals surface area contributed by atoms with E-state index >= 15 is 0 Å². The maximum absolute atomic E-state index is 11.3. The minimum Gasteiger partial charge on any atom is -0.480 e. The summed E-state index contributed by atoms with van der Waals surface area (Å²) in [4.78, 5) is 11.3. The lowest BCUT2D eigenvalue weighted by Crippen LogP contribution is -2.26. The van der Waals surface area contributed by atoms with Crippen molar-refractivity contribution in [3.8, 4) is 5.75 Å². The van der Waals surface area contributed by atoms with Crippen molar-refractivity contribution in [1.82, 2.24) is 5.32 Å². The molecule has 1 aromatic rings. The third kappa shape index (κ3) is 0.869. The summed E-state index contributed by atoms with van der Waals surface area (Å²) in [5.74, 6) is 0.864. The van der Waals surface area contributed by atoms with Crippen molar-refractivity contribution >= 4 is 5.91 Å². The molecule has 0 aliphatic carbocycles. The van der Waals surface area contributed by atoms with Crippen LogP contribution in [0.5, 0.6) is 5.75 Å². The highest BCUT2D eigenvalue weighted by atomic mass is 16.5. The molecule has 1 aromatic carbocycles. The highest BCUT2D eigenvalue weighted by Crippen LogP contribution is 2.37. The van der Waals surface area contributed by atoms with Gasteiger partial charge in [-0.3, -0.25) is 4.79 Å². The third-order valence-corrected chi connectivity index (χ3v) is 2.62. The molecule has 2 bridgehead atoms. The van der Waals surface area contributed by atoms with Gasteiger partial charge in [0.05, 0.1) is 6.04 Å². The molecule has 3 heteroatoms. The summed E-state index contributed by atoms with van der Waals surface area (Å²) < 4.78 is 5.52. The number of amides is 1. The first-order valence-corrected chi connectivity index (χ1v) is 4.40. The Labute approximate surface area is 75.7 Å². The molecule has 2 aliphatic heterocycles. The molecule has 3 nitrogen and oxygen atoms in total. The van der Waals surface area contributed by atoms with Crippen molar-refractivity contribution in [3.05, 3.63) is 29.8 Å². The zero-order valence-electron chi connectivity index (χ0n) is 6.99. The third-order valence-electron chi connectivity index (χ3n) is 2.62. The van der Waals surface area contributed by atoms with Gasteiger partial charge in [-0.1, -0.05) is 18.2 Å². The standard InChI is InChI=1S/C10H9NO2/c12-10-9-5-7(11-10)6-3-1-2-4-8(6)13-9/h1-4,7,9H,5H2,(H,11,12). The van der Waals surface area contributed by atoms with E-state index in [1.54, 1.807) is 0 Å². The second-order valence-corrected chi connectivity index (χ2v) is 3.44. The van der Waals surface area contributed by atoms with Crippen LogP contribution in [0.4, 0.5) is 0 Å².